The van der Waals surface area contributed by atoms with Crippen LogP contribution in [0.1, 0.15) is 32.1 Å². The minimum absolute atomic E-state index is 0.293. The highest BCUT2D eigenvalue weighted by Gasteiger charge is 2.33. The molecule has 0 bridgehead atoms. The summed E-state index contributed by atoms with van der Waals surface area (Å²) in [6.45, 7) is 0.869. The number of hydrogen-bond acceptors (Lipinski definition) is 2. The Kier molecular flexibility index (Phi) is 4.83. The molecule has 1 amide bonds. The van der Waals surface area contributed by atoms with E-state index in [9.17, 15) is 4.79 Å². The summed E-state index contributed by atoms with van der Waals surface area (Å²) >= 11 is 7.65. The Balaban J connectivity index is 1.90. The minimum atomic E-state index is 0.293. The monoisotopic (exact) mass is 261 g/mol. The van der Waals surface area contributed by atoms with Crippen LogP contribution in [0.15, 0.2) is 0 Å². The van der Waals surface area contributed by atoms with Crippen molar-refractivity contribution in [2.45, 2.75) is 38.1 Å². The summed E-state index contributed by atoms with van der Waals surface area (Å²) < 4.78 is 0. The first-order valence-electron chi connectivity index (χ1n) is 6.27. The Morgan fingerprint density at radius 3 is 2.69 bits per heavy atom. The van der Waals surface area contributed by atoms with E-state index in [2.05, 4.69) is 4.90 Å². The van der Waals surface area contributed by atoms with E-state index in [0.29, 0.717) is 23.7 Å². The second-order valence-electron chi connectivity index (χ2n) is 4.72. The van der Waals surface area contributed by atoms with E-state index in [4.69, 9.17) is 11.6 Å². The molecule has 1 saturated carbocycles. The second-order valence-corrected chi connectivity index (χ2v) is 6.25. The van der Waals surface area contributed by atoms with Gasteiger partial charge in [-0.1, -0.05) is 0 Å². The number of rotatable bonds is 5. The third kappa shape index (κ3) is 2.86. The Hall–Kier alpha value is 0.110. The molecule has 4 heteroatoms. The van der Waals surface area contributed by atoms with E-state index < -0.39 is 0 Å². The normalized spacial score (nSPS) is 25.4. The molecule has 1 aliphatic carbocycles. The quantitative estimate of drug-likeness (QED) is 0.710. The standard InChI is InChI=1S/C12H20ClNOS/c13-6-2-7-14(11-3-1-4-11)12(15)10-5-8-16-9-10/h10-11H,1-9H2. The maximum absolute atomic E-state index is 12.4. The number of thioether (sulfide) groups is 1. The fourth-order valence-corrected chi connectivity index (χ4v) is 3.70. The van der Waals surface area contributed by atoms with Gasteiger partial charge in [-0.15, -0.1) is 11.6 Å². The molecule has 1 saturated heterocycles. The predicted octanol–water partition coefficient (Wildman–Crippen LogP) is 2.75. The summed E-state index contributed by atoms with van der Waals surface area (Å²) in [5.41, 5.74) is 0. The van der Waals surface area contributed by atoms with Crippen LogP contribution < -0.4 is 0 Å². The van der Waals surface area contributed by atoms with Crippen molar-refractivity contribution >= 4 is 29.3 Å². The van der Waals surface area contributed by atoms with Crippen LogP contribution in [0.25, 0.3) is 0 Å². The highest BCUT2D eigenvalue weighted by Crippen LogP contribution is 2.30. The first-order chi connectivity index (χ1) is 7.83. The zero-order valence-electron chi connectivity index (χ0n) is 9.66. The fourth-order valence-electron chi connectivity index (χ4n) is 2.36. The molecule has 0 aromatic rings. The van der Waals surface area contributed by atoms with Crippen molar-refractivity contribution in [3.8, 4) is 0 Å². The molecular formula is C12H20ClNOS. The first-order valence-corrected chi connectivity index (χ1v) is 7.96. The zero-order valence-corrected chi connectivity index (χ0v) is 11.2. The van der Waals surface area contributed by atoms with Crippen LogP contribution in [0.2, 0.25) is 0 Å². The van der Waals surface area contributed by atoms with Gasteiger partial charge >= 0.3 is 0 Å². The van der Waals surface area contributed by atoms with Crippen molar-refractivity contribution in [3.05, 3.63) is 0 Å². The van der Waals surface area contributed by atoms with Crippen molar-refractivity contribution in [2.75, 3.05) is 23.9 Å². The Bertz CT molecular complexity index is 239. The van der Waals surface area contributed by atoms with Gasteiger partial charge in [0.25, 0.3) is 0 Å². The summed E-state index contributed by atoms with van der Waals surface area (Å²) in [6.07, 6.45) is 5.70. The van der Waals surface area contributed by atoms with Gasteiger partial charge in [0.05, 0.1) is 0 Å². The average molecular weight is 262 g/mol. The van der Waals surface area contributed by atoms with Gasteiger partial charge < -0.3 is 4.90 Å². The number of carbonyl (C=O) groups is 1. The maximum atomic E-state index is 12.4. The summed E-state index contributed by atoms with van der Waals surface area (Å²) in [4.78, 5) is 14.5. The molecular weight excluding hydrogens is 242 g/mol. The summed E-state index contributed by atoms with van der Waals surface area (Å²) in [7, 11) is 0. The third-order valence-corrected chi connectivity index (χ3v) is 5.04. The largest absolute Gasteiger partial charge is 0.339 e. The molecule has 1 aliphatic heterocycles. The van der Waals surface area contributed by atoms with Gasteiger partial charge in [-0.25, -0.2) is 0 Å². The van der Waals surface area contributed by atoms with Crippen LogP contribution in [0.5, 0.6) is 0 Å². The van der Waals surface area contributed by atoms with Crippen molar-refractivity contribution in [1.82, 2.24) is 4.90 Å². The molecule has 0 aromatic carbocycles. The Morgan fingerprint density at radius 1 is 1.38 bits per heavy atom. The molecule has 92 valence electrons. The van der Waals surface area contributed by atoms with Crippen molar-refractivity contribution < 1.29 is 4.79 Å². The molecule has 0 N–H and O–H groups in total. The lowest BCUT2D eigenvalue weighted by atomic mass is 9.90. The van der Waals surface area contributed by atoms with Crippen LogP contribution >= 0.6 is 23.4 Å². The van der Waals surface area contributed by atoms with Crippen molar-refractivity contribution in [3.63, 3.8) is 0 Å². The van der Waals surface area contributed by atoms with E-state index in [1.807, 2.05) is 11.8 Å². The molecule has 0 radical (unpaired) electrons. The van der Waals surface area contributed by atoms with Gasteiger partial charge in [-0.05, 0) is 37.9 Å². The molecule has 16 heavy (non-hydrogen) atoms. The fraction of sp³-hybridized carbons (Fsp3) is 0.917. The molecule has 2 fully saturated rings. The van der Waals surface area contributed by atoms with Gasteiger partial charge in [0.15, 0.2) is 0 Å². The summed E-state index contributed by atoms with van der Waals surface area (Å²) in [5.74, 6) is 3.55. The number of carbonyl (C=O) groups excluding carboxylic acids is 1. The van der Waals surface area contributed by atoms with Gasteiger partial charge in [-0.3, -0.25) is 4.79 Å². The Labute approximate surface area is 107 Å². The molecule has 0 spiro atoms. The topological polar surface area (TPSA) is 20.3 Å². The number of nitrogens with zero attached hydrogens (tertiary/aromatic N) is 1. The predicted molar refractivity (Wildman–Crippen MR) is 70.1 cm³/mol. The number of halogens is 1. The van der Waals surface area contributed by atoms with Crippen LogP contribution in [0.4, 0.5) is 0 Å². The Morgan fingerprint density at radius 2 is 2.19 bits per heavy atom. The molecule has 1 heterocycles. The van der Waals surface area contributed by atoms with Crippen LogP contribution in [0.3, 0.4) is 0 Å². The second kappa shape index (κ2) is 6.15. The number of hydrogen-bond donors (Lipinski definition) is 0. The van der Waals surface area contributed by atoms with E-state index in [0.717, 1.165) is 30.9 Å². The van der Waals surface area contributed by atoms with Gasteiger partial charge in [0, 0.05) is 30.1 Å². The van der Waals surface area contributed by atoms with Gasteiger partial charge in [-0.2, -0.15) is 11.8 Å². The summed E-state index contributed by atoms with van der Waals surface area (Å²) in [6, 6.07) is 0.529. The van der Waals surface area contributed by atoms with Crippen LogP contribution in [-0.4, -0.2) is 40.8 Å². The van der Waals surface area contributed by atoms with Gasteiger partial charge in [0.1, 0.15) is 0 Å². The molecule has 0 aromatic heterocycles. The smallest absolute Gasteiger partial charge is 0.226 e. The molecule has 1 unspecified atom stereocenters. The maximum Gasteiger partial charge on any atom is 0.226 e. The zero-order chi connectivity index (χ0) is 11.4. The number of alkyl halides is 1. The molecule has 1 atom stereocenters. The highest BCUT2D eigenvalue weighted by atomic mass is 35.5. The molecule has 2 aliphatic rings. The SMILES string of the molecule is O=C(C1CCSC1)N(CCCCl)C1CCC1. The van der Waals surface area contributed by atoms with Crippen LogP contribution in [-0.2, 0) is 4.79 Å². The first kappa shape index (κ1) is 12.6. The number of amides is 1. The lowest BCUT2D eigenvalue weighted by molar-refractivity contribution is -0.138. The van der Waals surface area contributed by atoms with E-state index in [-0.39, 0.29) is 0 Å². The minimum Gasteiger partial charge on any atom is -0.339 e. The van der Waals surface area contributed by atoms with E-state index in [1.54, 1.807) is 0 Å². The van der Waals surface area contributed by atoms with Crippen LogP contribution in [0, 0.1) is 5.92 Å². The van der Waals surface area contributed by atoms with Gasteiger partial charge in [0.2, 0.25) is 5.91 Å². The average Bonchev–Trinajstić information content (AvgIpc) is 2.73. The molecule has 2 rings (SSSR count). The highest BCUT2D eigenvalue weighted by molar-refractivity contribution is 7.99. The van der Waals surface area contributed by atoms with E-state index >= 15 is 0 Å². The van der Waals surface area contributed by atoms with Crippen molar-refractivity contribution in [2.24, 2.45) is 5.92 Å². The summed E-state index contributed by atoms with van der Waals surface area (Å²) in [5, 5.41) is 0. The lowest BCUT2D eigenvalue weighted by Gasteiger charge is -2.39. The van der Waals surface area contributed by atoms with Crippen molar-refractivity contribution in [1.29, 1.82) is 0 Å². The lowest BCUT2D eigenvalue weighted by Crippen LogP contribution is -2.47. The third-order valence-electron chi connectivity index (χ3n) is 3.61. The molecule has 2 nitrogen and oxygen atoms in total. The van der Waals surface area contributed by atoms with E-state index in [1.165, 1.54) is 19.3 Å².